The van der Waals surface area contributed by atoms with Gasteiger partial charge in [0.2, 0.25) is 0 Å². The molecule has 1 saturated carbocycles. The van der Waals surface area contributed by atoms with Crippen LogP contribution in [0.4, 0.5) is 0 Å². The van der Waals surface area contributed by atoms with Crippen LogP contribution in [-0.4, -0.2) is 19.0 Å². The van der Waals surface area contributed by atoms with Crippen molar-refractivity contribution in [1.82, 2.24) is 0 Å². The van der Waals surface area contributed by atoms with Crippen molar-refractivity contribution in [1.29, 1.82) is 5.26 Å². The summed E-state index contributed by atoms with van der Waals surface area (Å²) in [6.07, 6.45) is 6.17. The Morgan fingerprint density at radius 1 is 1.29 bits per heavy atom. The van der Waals surface area contributed by atoms with Crippen LogP contribution in [0.3, 0.4) is 0 Å². The highest BCUT2D eigenvalue weighted by molar-refractivity contribution is 4.88. The zero-order valence-electron chi connectivity index (χ0n) is 8.50. The van der Waals surface area contributed by atoms with E-state index in [1.165, 1.54) is 12.8 Å². The third-order valence-corrected chi connectivity index (χ3v) is 3.33. The fraction of sp³-hybridized carbons (Fsp3) is 0.909. The van der Waals surface area contributed by atoms with Crippen LogP contribution in [0.15, 0.2) is 0 Å². The molecular weight excluding hydrogens is 178 g/mol. The van der Waals surface area contributed by atoms with Gasteiger partial charge < -0.3 is 9.47 Å². The Balaban J connectivity index is 2.00. The predicted molar refractivity (Wildman–Crippen MR) is 51.4 cm³/mol. The number of ether oxygens (including phenoxy) is 2. The van der Waals surface area contributed by atoms with E-state index in [4.69, 9.17) is 14.7 Å². The summed E-state index contributed by atoms with van der Waals surface area (Å²) in [5.41, 5.74) is 0. The van der Waals surface area contributed by atoms with Gasteiger partial charge in [0, 0.05) is 18.8 Å². The third-order valence-electron chi connectivity index (χ3n) is 3.33. The van der Waals surface area contributed by atoms with Crippen molar-refractivity contribution in [2.24, 2.45) is 5.92 Å². The molecular formula is C11H17NO2. The van der Waals surface area contributed by atoms with Crippen LogP contribution in [-0.2, 0) is 9.47 Å². The maximum absolute atomic E-state index is 8.60. The van der Waals surface area contributed by atoms with Gasteiger partial charge in [0.15, 0.2) is 5.79 Å². The fourth-order valence-electron chi connectivity index (χ4n) is 2.64. The van der Waals surface area contributed by atoms with Crippen molar-refractivity contribution in [3.05, 3.63) is 0 Å². The lowest BCUT2D eigenvalue weighted by Gasteiger charge is -2.39. The predicted octanol–water partition coefficient (Wildman–Crippen LogP) is 2.22. The number of rotatable bonds is 2. The first-order chi connectivity index (χ1) is 6.87. The Bertz CT molecular complexity index is 228. The largest absolute Gasteiger partial charge is 0.347 e. The molecule has 2 aliphatic rings. The van der Waals surface area contributed by atoms with E-state index in [2.05, 4.69) is 6.07 Å². The monoisotopic (exact) mass is 195 g/mol. The van der Waals surface area contributed by atoms with Gasteiger partial charge in [-0.25, -0.2) is 0 Å². The van der Waals surface area contributed by atoms with Crippen molar-refractivity contribution < 1.29 is 9.47 Å². The molecule has 0 aromatic heterocycles. The van der Waals surface area contributed by atoms with Crippen LogP contribution in [0.1, 0.15) is 38.5 Å². The molecule has 1 atom stereocenters. The lowest BCUT2D eigenvalue weighted by molar-refractivity contribution is -0.213. The third kappa shape index (κ3) is 1.77. The Kier molecular flexibility index (Phi) is 3.05. The van der Waals surface area contributed by atoms with Gasteiger partial charge in [0.05, 0.1) is 19.3 Å². The average molecular weight is 195 g/mol. The average Bonchev–Trinajstić information content (AvgIpc) is 2.66. The second kappa shape index (κ2) is 4.29. The second-order valence-corrected chi connectivity index (χ2v) is 4.15. The van der Waals surface area contributed by atoms with Crippen molar-refractivity contribution in [2.45, 2.75) is 44.3 Å². The minimum atomic E-state index is -0.310. The first-order valence-corrected chi connectivity index (χ1v) is 5.52. The van der Waals surface area contributed by atoms with Crippen LogP contribution in [0.2, 0.25) is 0 Å². The standard InChI is InChI=1S/C11H17NO2/c12-7-3-5-10-4-1-2-6-11(10)13-8-9-14-11/h10H,1-6,8-9H2. The van der Waals surface area contributed by atoms with Gasteiger partial charge >= 0.3 is 0 Å². The highest BCUT2D eigenvalue weighted by atomic mass is 16.7. The lowest BCUT2D eigenvalue weighted by atomic mass is 9.80. The van der Waals surface area contributed by atoms with Crippen molar-refractivity contribution >= 4 is 0 Å². The zero-order valence-corrected chi connectivity index (χ0v) is 8.50. The molecule has 1 spiro atoms. The first-order valence-electron chi connectivity index (χ1n) is 5.52. The maximum Gasteiger partial charge on any atom is 0.171 e. The molecule has 1 aliphatic heterocycles. The lowest BCUT2D eigenvalue weighted by Crippen LogP contribution is -2.41. The van der Waals surface area contributed by atoms with Crippen molar-refractivity contribution in [3.63, 3.8) is 0 Å². The molecule has 0 bridgehead atoms. The quantitative estimate of drug-likeness (QED) is 0.678. The van der Waals surface area contributed by atoms with E-state index < -0.39 is 0 Å². The van der Waals surface area contributed by atoms with Crippen LogP contribution in [0, 0.1) is 17.2 Å². The topological polar surface area (TPSA) is 42.2 Å². The van der Waals surface area contributed by atoms with Gasteiger partial charge in [-0.05, 0) is 19.3 Å². The highest BCUT2D eigenvalue weighted by Gasteiger charge is 2.45. The number of nitriles is 1. The molecule has 0 aromatic rings. The second-order valence-electron chi connectivity index (χ2n) is 4.15. The molecule has 3 nitrogen and oxygen atoms in total. The normalized spacial score (nSPS) is 30.4. The smallest absolute Gasteiger partial charge is 0.171 e. The number of hydrogen-bond donors (Lipinski definition) is 0. The van der Waals surface area contributed by atoms with E-state index in [1.807, 2.05) is 0 Å². The van der Waals surface area contributed by atoms with E-state index in [9.17, 15) is 0 Å². The van der Waals surface area contributed by atoms with E-state index >= 15 is 0 Å². The van der Waals surface area contributed by atoms with E-state index in [0.29, 0.717) is 12.3 Å². The molecule has 78 valence electrons. The van der Waals surface area contributed by atoms with Crippen molar-refractivity contribution in [2.75, 3.05) is 13.2 Å². The summed E-state index contributed by atoms with van der Waals surface area (Å²) in [5.74, 6) is 0.133. The Morgan fingerprint density at radius 2 is 2.07 bits per heavy atom. The number of hydrogen-bond acceptors (Lipinski definition) is 3. The minimum absolute atomic E-state index is 0.310. The Labute approximate surface area is 85.0 Å². The molecule has 0 N–H and O–H groups in total. The van der Waals surface area contributed by atoms with Crippen LogP contribution in [0.25, 0.3) is 0 Å². The van der Waals surface area contributed by atoms with Gasteiger partial charge in [-0.1, -0.05) is 6.42 Å². The summed E-state index contributed by atoms with van der Waals surface area (Å²) in [4.78, 5) is 0. The van der Waals surface area contributed by atoms with Crippen LogP contribution < -0.4 is 0 Å². The number of nitrogens with zero attached hydrogens (tertiary/aromatic N) is 1. The fourth-order valence-corrected chi connectivity index (χ4v) is 2.64. The van der Waals surface area contributed by atoms with Gasteiger partial charge in [-0.2, -0.15) is 5.26 Å². The molecule has 1 aliphatic carbocycles. The zero-order chi connectivity index (χ0) is 9.86. The molecule has 2 rings (SSSR count). The molecule has 0 radical (unpaired) electrons. The van der Waals surface area contributed by atoms with Gasteiger partial charge in [-0.3, -0.25) is 0 Å². The molecule has 1 unspecified atom stereocenters. The first kappa shape index (κ1) is 9.95. The summed E-state index contributed by atoms with van der Waals surface area (Å²) in [6.45, 7) is 1.45. The minimum Gasteiger partial charge on any atom is -0.347 e. The van der Waals surface area contributed by atoms with E-state index in [0.717, 1.165) is 32.5 Å². The molecule has 3 heteroatoms. The van der Waals surface area contributed by atoms with Crippen molar-refractivity contribution in [3.8, 4) is 6.07 Å². The maximum atomic E-state index is 8.60. The summed E-state index contributed by atoms with van der Waals surface area (Å²) in [6, 6.07) is 2.21. The van der Waals surface area contributed by atoms with Gasteiger partial charge in [-0.15, -0.1) is 0 Å². The Hall–Kier alpha value is -0.590. The van der Waals surface area contributed by atoms with E-state index in [-0.39, 0.29) is 5.79 Å². The Morgan fingerprint density at radius 3 is 2.79 bits per heavy atom. The molecule has 2 fully saturated rings. The van der Waals surface area contributed by atoms with E-state index in [1.54, 1.807) is 0 Å². The van der Waals surface area contributed by atoms with Gasteiger partial charge in [0.25, 0.3) is 0 Å². The summed E-state index contributed by atoms with van der Waals surface area (Å²) in [5, 5.41) is 8.60. The highest BCUT2D eigenvalue weighted by Crippen LogP contribution is 2.42. The molecule has 1 heterocycles. The summed E-state index contributed by atoms with van der Waals surface area (Å²) < 4.78 is 11.5. The molecule has 14 heavy (non-hydrogen) atoms. The summed E-state index contributed by atoms with van der Waals surface area (Å²) >= 11 is 0. The SMILES string of the molecule is N#CCCC1CCCCC12OCCO2. The van der Waals surface area contributed by atoms with Crippen LogP contribution >= 0.6 is 0 Å². The van der Waals surface area contributed by atoms with Gasteiger partial charge in [0.1, 0.15) is 0 Å². The van der Waals surface area contributed by atoms with Crippen LogP contribution in [0.5, 0.6) is 0 Å². The summed E-state index contributed by atoms with van der Waals surface area (Å²) in [7, 11) is 0. The molecule has 1 saturated heterocycles. The molecule has 0 amide bonds. The molecule has 0 aromatic carbocycles.